The number of aliphatic imine (C=N–C) groups is 1. The molecule has 6 nitrogen and oxygen atoms in total. The summed E-state index contributed by atoms with van der Waals surface area (Å²) in [6.07, 6.45) is 1.81. The molecule has 0 fully saturated rings. The Morgan fingerprint density at radius 3 is 2.62 bits per heavy atom. The average Bonchev–Trinajstić information content (AvgIpc) is 3.38. The second-order valence-electron chi connectivity index (χ2n) is 8.58. The third-order valence-corrected chi connectivity index (χ3v) is 7.19. The van der Waals surface area contributed by atoms with Crippen molar-refractivity contribution in [2.24, 2.45) is 4.99 Å². The van der Waals surface area contributed by atoms with Gasteiger partial charge in [-0.3, -0.25) is 4.99 Å². The fourth-order valence-corrected chi connectivity index (χ4v) is 5.40. The van der Waals surface area contributed by atoms with Gasteiger partial charge in [0.2, 0.25) is 0 Å². The van der Waals surface area contributed by atoms with Crippen molar-refractivity contribution in [3.05, 3.63) is 111 Å². The Labute approximate surface area is 224 Å². The molecule has 2 heterocycles. The number of aromatic nitrogens is 1. The molecule has 1 aromatic heterocycles. The number of urea groups is 1. The molecule has 1 aliphatic heterocycles. The number of rotatable bonds is 7. The molecule has 0 spiro atoms. The number of carbonyl (C=O) groups excluding carboxylic acids is 1. The zero-order valence-corrected chi connectivity index (χ0v) is 21.9. The van der Waals surface area contributed by atoms with E-state index in [0.29, 0.717) is 17.4 Å². The second kappa shape index (κ2) is 11.0. The van der Waals surface area contributed by atoms with Gasteiger partial charge in [0.25, 0.3) is 0 Å². The van der Waals surface area contributed by atoms with Crippen molar-refractivity contribution in [2.45, 2.75) is 19.6 Å². The first-order chi connectivity index (χ1) is 18.0. The Kier molecular flexibility index (Phi) is 7.35. The van der Waals surface area contributed by atoms with E-state index in [1.807, 2.05) is 91.3 Å². The minimum Gasteiger partial charge on any atom is -0.487 e. The van der Waals surface area contributed by atoms with Gasteiger partial charge in [0, 0.05) is 35.5 Å². The molecule has 2 N–H and O–H groups in total. The van der Waals surface area contributed by atoms with Gasteiger partial charge in [-0.05, 0) is 35.7 Å². The fraction of sp³-hybridized carbons (Fsp3) is 0.138. The van der Waals surface area contributed by atoms with Crippen molar-refractivity contribution in [1.82, 2.24) is 15.6 Å². The van der Waals surface area contributed by atoms with Crippen molar-refractivity contribution < 1.29 is 9.53 Å². The van der Waals surface area contributed by atoms with Crippen LogP contribution in [-0.2, 0) is 6.61 Å². The standard InChI is InChI=1S/C29H25ClN4O2S/c1-18-26(28-33-24(17-37-28)21-10-8-19(9-11-21)15-31-2)27(34-29(35)32-18)22-12-13-25(23(30)14-22)36-16-20-6-4-3-5-7-20/h3-15,17,27H,16H2,1-2H3,(H2,32,34,35). The fourth-order valence-electron chi connectivity index (χ4n) is 4.20. The third kappa shape index (κ3) is 5.58. The first kappa shape index (κ1) is 24.7. The van der Waals surface area contributed by atoms with E-state index in [9.17, 15) is 4.79 Å². The molecule has 1 aliphatic rings. The highest BCUT2D eigenvalue weighted by atomic mass is 35.5. The summed E-state index contributed by atoms with van der Waals surface area (Å²) >= 11 is 8.15. The zero-order chi connectivity index (χ0) is 25.8. The predicted molar refractivity (Wildman–Crippen MR) is 150 cm³/mol. The highest BCUT2D eigenvalue weighted by molar-refractivity contribution is 7.11. The van der Waals surface area contributed by atoms with Gasteiger partial charge < -0.3 is 15.4 Å². The molecule has 4 aromatic rings. The van der Waals surface area contributed by atoms with Crippen LogP contribution in [-0.4, -0.2) is 24.3 Å². The van der Waals surface area contributed by atoms with Crippen LogP contribution in [0.4, 0.5) is 4.79 Å². The normalized spacial score (nSPS) is 15.5. The van der Waals surface area contributed by atoms with E-state index in [2.05, 4.69) is 15.6 Å². The van der Waals surface area contributed by atoms with Crippen LogP contribution >= 0.6 is 22.9 Å². The van der Waals surface area contributed by atoms with Gasteiger partial charge in [-0.1, -0.05) is 72.3 Å². The molecule has 0 radical (unpaired) electrons. The van der Waals surface area contributed by atoms with Gasteiger partial charge in [0.1, 0.15) is 17.4 Å². The van der Waals surface area contributed by atoms with Crippen molar-refractivity contribution in [3.63, 3.8) is 0 Å². The van der Waals surface area contributed by atoms with Crippen molar-refractivity contribution in [2.75, 3.05) is 7.05 Å². The van der Waals surface area contributed by atoms with E-state index in [0.717, 1.165) is 44.2 Å². The van der Waals surface area contributed by atoms with Crippen LogP contribution in [0.2, 0.25) is 5.02 Å². The Morgan fingerprint density at radius 1 is 1.11 bits per heavy atom. The van der Waals surface area contributed by atoms with Crippen LogP contribution in [0.1, 0.15) is 34.7 Å². The summed E-state index contributed by atoms with van der Waals surface area (Å²) < 4.78 is 5.93. The number of ether oxygens (including phenoxy) is 1. The van der Waals surface area contributed by atoms with E-state index in [1.54, 1.807) is 7.05 Å². The number of carbonyl (C=O) groups is 1. The number of hydrogen-bond donors (Lipinski definition) is 2. The van der Waals surface area contributed by atoms with Gasteiger partial charge in [-0.15, -0.1) is 11.3 Å². The largest absolute Gasteiger partial charge is 0.487 e. The number of amides is 2. The maximum absolute atomic E-state index is 12.4. The Morgan fingerprint density at radius 2 is 1.89 bits per heavy atom. The lowest BCUT2D eigenvalue weighted by atomic mass is 9.96. The Balaban J connectivity index is 1.41. The average molecular weight is 529 g/mol. The number of benzene rings is 3. The number of hydrogen-bond acceptors (Lipinski definition) is 5. The molecule has 8 heteroatoms. The van der Waals surface area contributed by atoms with E-state index < -0.39 is 6.04 Å². The molecule has 37 heavy (non-hydrogen) atoms. The predicted octanol–water partition coefficient (Wildman–Crippen LogP) is 6.88. The Bertz CT molecular complexity index is 1480. The Hall–Kier alpha value is -3.94. The van der Waals surface area contributed by atoms with Crippen molar-refractivity contribution in [3.8, 4) is 17.0 Å². The molecule has 3 aromatic carbocycles. The van der Waals surface area contributed by atoms with Crippen LogP contribution in [0.5, 0.6) is 5.75 Å². The van der Waals surface area contributed by atoms with Crippen molar-refractivity contribution in [1.29, 1.82) is 0 Å². The maximum atomic E-state index is 12.4. The van der Waals surface area contributed by atoms with Crippen LogP contribution < -0.4 is 15.4 Å². The molecule has 2 amide bonds. The molecular weight excluding hydrogens is 504 g/mol. The minimum absolute atomic E-state index is 0.267. The maximum Gasteiger partial charge on any atom is 0.319 e. The van der Waals surface area contributed by atoms with E-state index in [-0.39, 0.29) is 6.03 Å². The molecule has 186 valence electrons. The molecule has 0 saturated carbocycles. The van der Waals surface area contributed by atoms with Crippen molar-refractivity contribution >= 4 is 40.8 Å². The van der Waals surface area contributed by atoms with E-state index >= 15 is 0 Å². The molecule has 1 unspecified atom stereocenters. The SMILES string of the molecule is CN=Cc1ccc(-c2csc(C3=C(C)NC(=O)NC3c3ccc(OCc4ccccc4)c(Cl)c3)n2)cc1. The summed E-state index contributed by atoms with van der Waals surface area (Å²) in [5.41, 5.74) is 6.49. The summed E-state index contributed by atoms with van der Waals surface area (Å²) in [5.74, 6) is 0.588. The highest BCUT2D eigenvalue weighted by Gasteiger charge is 2.30. The van der Waals surface area contributed by atoms with E-state index in [1.165, 1.54) is 11.3 Å². The molecular formula is C29H25ClN4O2S. The number of nitrogens with zero attached hydrogens (tertiary/aromatic N) is 2. The number of nitrogens with one attached hydrogen (secondary N) is 2. The molecule has 0 saturated heterocycles. The van der Waals surface area contributed by atoms with Gasteiger partial charge >= 0.3 is 6.03 Å². The highest BCUT2D eigenvalue weighted by Crippen LogP contribution is 2.39. The van der Waals surface area contributed by atoms with Crippen LogP contribution in [0, 0.1) is 0 Å². The first-order valence-electron chi connectivity index (χ1n) is 11.7. The summed E-state index contributed by atoms with van der Waals surface area (Å²) in [6.45, 7) is 2.31. The zero-order valence-electron chi connectivity index (χ0n) is 20.4. The van der Waals surface area contributed by atoms with Gasteiger partial charge in [0.05, 0.1) is 16.8 Å². The lowest BCUT2D eigenvalue weighted by Gasteiger charge is -2.28. The smallest absolute Gasteiger partial charge is 0.319 e. The number of allylic oxidation sites excluding steroid dienone is 1. The number of halogens is 1. The van der Waals surface area contributed by atoms with Crippen LogP contribution in [0.15, 0.2) is 88.9 Å². The van der Waals surface area contributed by atoms with Crippen LogP contribution in [0.25, 0.3) is 16.8 Å². The molecule has 0 aliphatic carbocycles. The van der Waals surface area contributed by atoms with Gasteiger partial charge in [-0.2, -0.15) is 0 Å². The minimum atomic E-state index is -0.406. The lowest BCUT2D eigenvalue weighted by Crippen LogP contribution is -2.42. The van der Waals surface area contributed by atoms with E-state index in [4.69, 9.17) is 21.3 Å². The summed E-state index contributed by atoms with van der Waals surface area (Å²) in [4.78, 5) is 21.4. The quantitative estimate of drug-likeness (QED) is 0.257. The molecule has 5 rings (SSSR count). The summed E-state index contributed by atoms with van der Waals surface area (Å²) in [6, 6.07) is 22.9. The first-order valence-corrected chi connectivity index (χ1v) is 13.0. The summed E-state index contributed by atoms with van der Waals surface area (Å²) in [7, 11) is 1.75. The molecule has 0 bridgehead atoms. The monoisotopic (exact) mass is 528 g/mol. The summed E-state index contributed by atoms with van der Waals surface area (Å²) in [5, 5.41) is 9.25. The second-order valence-corrected chi connectivity index (χ2v) is 9.85. The topological polar surface area (TPSA) is 75.6 Å². The third-order valence-electron chi connectivity index (χ3n) is 6.01. The number of thiazole rings is 1. The lowest BCUT2D eigenvalue weighted by molar-refractivity contribution is 0.240. The van der Waals surface area contributed by atoms with Gasteiger partial charge in [-0.25, -0.2) is 9.78 Å². The van der Waals surface area contributed by atoms with Crippen LogP contribution in [0.3, 0.4) is 0 Å². The van der Waals surface area contributed by atoms with Gasteiger partial charge in [0.15, 0.2) is 0 Å². The molecule has 1 atom stereocenters.